The number of anilines is 2. The lowest BCUT2D eigenvalue weighted by atomic mass is 10.2. The first-order chi connectivity index (χ1) is 10.4. The third kappa shape index (κ3) is 3.09. The molecule has 1 aromatic heterocycles. The van der Waals surface area contributed by atoms with Gasteiger partial charge in [-0.05, 0) is 36.4 Å². The van der Waals surface area contributed by atoms with Crippen LogP contribution < -0.4 is 16.4 Å². The normalized spacial score (nSPS) is 10.0. The number of rotatable bonds is 3. The monoisotopic (exact) mass is 298 g/mol. The molecule has 0 aliphatic rings. The van der Waals surface area contributed by atoms with Crippen molar-refractivity contribution >= 4 is 29.1 Å². The molecule has 4 N–H and O–H groups in total. The number of pyridine rings is 1. The van der Waals surface area contributed by atoms with Gasteiger partial charge in [0.25, 0.3) is 11.8 Å². The van der Waals surface area contributed by atoms with Gasteiger partial charge in [0.15, 0.2) is 0 Å². The third-order valence-electron chi connectivity index (χ3n) is 2.93. The minimum absolute atomic E-state index is 0.0402. The third-order valence-corrected chi connectivity index (χ3v) is 2.93. The number of nitrogen functional groups attached to an aromatic ring is 1. The van der Waals surface area contributed by atoms with E-state index >= 15 is 0 Å². The Morgan fingerprint density at radius 2 is 1.68 bits per heavy atom. The topological polar surface area (TPSA) is 119 Å². The molecule has 7 heteroatoms. The zero-order valence-corrected chi connectivity index (χ0v) is 11.8. The van der Waals surface area contributed by atoms with E-state index in [0.29, 0.717) is 11.4 Å². The molecule has 0 fully saturated rings. The van der Waals surface area contributed by atoms with Crippen LogP contribution in [0, 0.1) is 0 Å². The smallest absolute Gasteiger partial charge is 0.267 e. The van der Waals surface area contributed by atoms with Gasteiger partial charge in [0.05, 0.1) is 11.3 Å². The first kappa shape index (κ1) is 15.2. The second kappa shape index (κ2) is 6.04. The Hall–Kier alpha value is -3.22. The van der Waals surface area contributed by atoms with Crippen LogP contribution in [0.3, 0.4) is 0 Å². The number of nitrogens with two attached hydrogens (primary N) is 2. The molecule has 0 aliphatic carbocycles. The van der Waals surface area contributed by atoms with Crippen molar-refractivity contribution in [3.8, 4) is 0 Å². The Balaban J connectivity index is 2.36. The quantitative estimate of drug-likeness (QED) is 0.818. The lowest BCUT2D eigenvalue weighted by Crippen LogP contribution is -2.35. The largest absolute Gasteiger partial charge is 0.399 e. The summed E-state index contributed by atoms with van der Waals surface area (Å²) >= 11 is 0. The maximum atomic E-state index is 12.5. The van der Waals surface area contributed by atoms with Crippen LogP contribution in [0.15, 0.2) is 42.6 Å². The van der Waals surface area contributed by atoms with Crippen molar-refractivity contribution < 1.29 is 14.4 Å². The van der Waals surface area contributed by atoms with Crippen molar-refractivity contribution in [1.82, 2.24) is 4.98 Å². The van der Waals surface area contributed by atoms with Crippen molar-refractivity contribution in [2.75, 3.05) is 10.6 Å². The van der Waals surface area contributed by atoms with Gasteiger partial charge in [-0.25, -0.2) is 4.90 Å². The molecule has 0 aliphatic heterocycles. The number of aromatic nitrogens is 1. The average Bonchev–Trinajstić information content (AvgIpc) is 2.49. The van der Waals surface area contributed by atoms with Gasteiger partial charge in [0.2, 0.25) is 5.91 Å². The molecule has 0 bridgehead atoms. The van der Waals surface area contributed by atoms with Crippen LogP contribution in [0.5, 0.6) is 0 Å². The van der Waals surface area contributed by atoms with Crippen LogP contribution in [0.1, 0.15) is 27.8 Å². The van der Waals surface area contributed by atoms with E-state index in [2.05, 4.69) is 4.98 Å². The first-order valence-corrected chi connectivity index (χ1v) is 6.36. The number of imide groups is 1. The molecule has 0 unspecified atom stereocenters. The predicted molar refractivity (Wildman–Crippen MR) is 81.1 cm³/mol. The predicted octanol–water partition coefficient (Wildman–Crippen LogP) is 0.956. The van der Waals surface area contributed by atoms with Gasteiger partial charge < -0.3 is 11.5 Å². The van der Waals surface area contributed by atoms with Crippen LogP contribution in [0.4, 0.5) is 11.4 Å². The summed E-state index contributed by atoms with van der Waals surface area (Å²) in [6, 6.07) is 9.04. The standard InChI is InChI=1S/C15H14N4O3/c1-9(20)19(12-5-3-11(16)4-6-12)15(22)10-2-7-13(14(17)21)18-8-10/h2-8H,16H2,1H3,(H2,17,21). The van der Waals surface area contributed by atoms with Gasteiger partial charge in [0, 0.05) is 18.8 Å². The zero-order chi connectivity index (χ0) is 16.3. The lowest BCUT2D eigenvalue weighted by molar-refractivity contribution is -0.115. The number of carbonyl (C=O) groups is 3. The number of benzene rings is 1. The van der Waals surface area contributed by atoms with Crippen molar-refractivity contribution in [2.45, 2.75) is 6.92 Å². The van der Waals surface area contributed by atoms with Crippen LogP contribution >= 0.6 is 0 Å². The van der Waals surface area contributed by atoms with Crippen molar-refractivity contribution in [1.29, 1.82) is 0 Å². The summed E-state index contributed by atoms with van der Waals surface area (Å²) in [5, 5.41) is 0. The van der Waals surface area contributed by atoms with Gasteiger partial charge in [0.1, 0.15) is 5.69 Å². The minimum Gasteiger partial charge on any atom is -0.399 e. The maximum absolute atomic E-state index is 12.5. The van der Waals surface area contributed by atoms with Crippen LogP contribution in [0.2, 0.25) is 0 Å². The number of hydrogen-bond donors (Lipinski definition) is 2. The number of hydrogen-bond acceptors (Lipinski definition) is 5. The number of amides is 3. The van der Waals surface area contributed by atoms with Gasteiger partial charge in [-0.1, -0.05) is 0 Å². The highest BCUT2D eigenvalue weighted by atomic mass is 16.2. The fraction of sp³-hybridized carbons (Fsp3) is 0.0667. The Bertz CT molecular complexity index is 723. The summed E-state index contributed by atoms with van der Waals surface area (Å²) in [4.78, 5) is 40.0. The highest BCUT2D eigenvalue weighted by Gasteiger charge is 2.22. The van der Waals surface area contributed by atoms with Crippen LogP contribution in [-0.4, -0.2) is 22.7 Å². The minimum atomic E-state index is -0.694. The van der Waals surface area contributed by atoms with Gasteiger partial charge >= 0.3 is 0 Å². The molecule has 0 radical (unpaired) electrons. The SMILES string of the molecule is CC(=O)N(C(=O)c1ccc(C(N)=O)nc1)c1ccc(N)cc1. The fourth-order valence-electron chi connectivity index (χ4n) is 1.86. The second-order valence-corrected chi connectivity index (χ2v) is 4.55. The molecule has 0 saturated heterocycles. The Morgan fingerprint density at radius 3 is 2.14 bits per heavy atom. The summed E-state index contributed by atoms with van der Waals surface area (Å²) < 4.78 is 0. The molecular formula is C15H14N4O3. The Labute approximate surface area is 126 Å². The summed E-state index contributed by atoms with van der Waals surface area (Å²) in [7, 11) is 0. The Kier molecular flexibility index (Phi) is 4.17. The first-order valence-electron chi connectivity index (χ1n) is 6.36. The summed E-state index contributed by atoms with van der Waals surface area (Å²) in [5.74, 6) is -1.70. The van der Waals surface area contributed by atoms with E-state index in [4.69, 9.17) is 11.5 Å². The van der Waals surface area contributed by atoms with E-state index in [1.807, 2.05) is 0 Å². The van der Waals surface area contributed by atoms with Gasteiger partial charge in [-0.3, -0.25) is 19.4 Å². The van der Waals surface area contributed by atoms with Crippen molar-refractivity contribution in [3.05, 3.63) is 53.9 Å². The molecule has 0 atom stereocenters. The zero-order valence-electron chi connectivity index (χ0n) is 11.8. The molecule has 0 saturated carbocycles. The van der Waals surface area contributed by atoms with Gasteiger partial charge in [-0.15, -0.1) is 0 Å². The van der Waals surface area contributed by atoms with E-state index in [1.54, 1.807) is 24.3 Å². The summed E-state index contributed by atoms with van der Waals surface area (Å²) in [6.45, 7) is 1.28. The summed E-state index contributed by atoms with van der Waals surface area (Å²) in [6.07, 6.45) is 1.20. The summed E-state index contributed by atoms with van der Waals surface area (Å²) in [5.41, 5.74) is 11.8. The molecule has 0 spiro atoms. The maximum Gasteiger partial charge on any atom is 0.267 e. The van der Waals surface area contributed by atoms with Crippen molar-refractivity contribution in [3.63, 3.8) is 0 Å². The number of primary amides is 1. The molecule has 1 aromatic carbocycles. The molecule has 2 rings (SSSR count). The molecule has 1 heterocycles. The fourth-order valence-corrected chi connectivity index (χ4v) is 1.86. The molecule has 2 aromatic rings. The second-order valence-electron chi connectivity index (χ2n) is 4.55. The van der Waals surface area contributed by atoms with Crippen LogP contribution in [-0.2, 0) is 4.79 Å². The van der Waals surface area contributed by atoms with E-state index in [1.165, 1.54) is 25.3 Å². The van der Waals surface area contributed by atoms with E-state index in [9.17, 15) is 14.4 Å². The van der Waals surface area contributed by atoms with Gasteiger partial charge in [-0.2, -0.15) is 0 Å². The van der Waals surface area contributed by atoms with E-state index < -0.39 is 17.7 Å². The highest BCUT2D eigenvalue weighted by molar-refractivity contribution is 6.20. The van der Waals surface area contributed by atoms with Crippen LogP contribution in [0.25, 0.3) is 0 Å². The lowest BCUT2D eigenvalue weighted by Gasteiger charge is -2.19. The average molecular weight is 298 g/mol. The van der Waals surface area contributed by atoms with E-state index in [0.717, 1.165) is 4.90 Å². The Morgan fingerprint density at radius 1 is 1.05 bits per heavy atom. The molecular weight excluding hydrogens is 284 g/mol. The van der Waals surface area contributed by atoms with Crippen molar-refractivity contribution in [2.24, 2.45) is 5.73 Å². The number of nitrogens with zero attached hydrogens (tertiary/aromatic N) is 2. The molecule has 3 amide bonds. The molecule has 22 heavy (non-hydrogen) atoms. The molecule has 7 nitrogen and oxygen atoms in total. The number of carbonyl (C=O) groups excluding carboxylic acids is 3. The highest BCUT2D eigenvalue weighted by Crippen LogP contribution is 2.19. The van der Waals surface area contributed by atoms with E-state index in [-0.39, 0.29) is 11.3 Å². The molecule has 112 valence electrons.